The van der Waals surface area contributed by atoms with Crippen LogP contribution in [0.1, 0.15) is 29.7 Å². The number of carbonyl (C=O) groups excluding carboxylic acids is 2. The summed E-state index contributed by atoms with van der Waals surface area (Å²) < 4.78 is 15.6. The minimum atomic E-state index is -1.27. The maximum Gasteiger partial charge on any atom is 0.272 e. The van der Waals surface area contributed by atoms with Gasteiger partial charge in [-0.3, -0.25) is 9.59 Å². The van der Waals surface area contributed by atoms with Crippen LogP contribution in [-0.4, -0.2) is 48.4 Å². The standard InChI is InChI=1S/C27H26BrFN4O3/c1-16(30-15-23(34)17-8-4-3-5-9-17)26(35)32-25-27(36)33(2)22-13-12-18(28)14-20(22)24(31-25)19-10-6-7-11-21(19)29/h3-14,16,23,25,30,34H,15H2,1-2H3,(H,32,35)/t16-,23?,25?/m0/s1. The first-order chi connectivity index (χ1) is 17.3. The van der Waals surface area contributed by atoms with E-state index in [1.807, 2.05) is 18.2 Å². The van der Waals surface area contributed by atoms with E-state index < -0.39 is 35.9 Å². The number of hydrogen-bond donors (Lipinski definition) is 3. The molecule has 0 radical (unpaired) electrons. The summed E-state index contributed by atoms with van der Waals surface area (Å²) in [6.07, 6.45) is -2.07. The van der Waals surface area contributed by atoms with Crippen LogP contribution >= 0.6 is 15.9 Å². The molecule has 186 valence electrons. The number of carbonyl (C=O) groups is 2. The SMILES string of the molecule is C[C@H](NCC(O)c1ccccc1)C(=O)NC1N=C(c2ccccc2F)c2cc(Br)ccc2N(C)C1=O. The number of benzodiazepines with no additional fused rings is 1. The van der Waals surface area contributed by atoms with Crippen molar-refractivity contribution in [2.75, 3.05) is 18.5 Å². The molecule has 2 unspecified atom stereocenters. The third-order valence-corrected chi connectivity index (χ3v) is 6.49. The number of hydrogen-bond acceptors (Lipinski definition) is 5. The van der Waals surface area contributed by atoms with Gasteiger partial charge in [-0.1, -0.05) is 58.4 Å². The molecule has 1 aliphatic heterocycles. The molecule has 0 fully saturated rings. The molecule has 1 heterocycles. The average molecular weight is 553 g/mol. The van der Waals surface area contributed by atoms with Crippen molar-refractivity contribution in [3.8, 4) is 0 Å². The molecule has 0 aromatic heterocycles. The van der Waals surface area contributed by atoms with E-state index in [1.54, 1.807) is 62.5 Å². The van der Waals surface area contributed by atoms with Crippen molar-refractivity contribution in [2.45, 2.75) is 25.2 Å². The van der Waals surface area contributed by atoms with Gasteiger partial charge in [-0.25, -0.2) is 9.38 Å². The molecule has 0 saturated heterocycles. The van der Waals surface area contributed by atoms with E-state index in [-0.39, 0.29) is 17.8 Å². The van der Waals surface area contributed by atoms with E-state index >= 15 is 0 Å². The molecule has 3 atom stereocenters. The van der Waals surface area contributed by atoms with Crippen LogP contribution in [0.2, 0.25) is 0 Å². The Morgan fingerprint density at radius 1 is 1.11 bits per heavy atom. The normalized spacial score (nSPS) is 17.0. The van der Waals surface area contributed by atoms with Gasteiger partial charge >= 0.3 is 0 Å². The van der Waals surface area contributed by atoms with E-state index in [9.17, 15) is 19.1 Å². The molecule has 3 aromatic rings. The number of amides is 2. The van der Waals surface area contributed by atoms with Gasteiger partial charge in [0.05, 0.1) is 23.5 Å². The Morgan fingerprint density at radius 2 is 1.81 bits per heavy atom. The molecule has 0 spiro atoms. The summed E-state index contributed by atoms with van der Waals surface area (Å²) in [5.41, 5.74) is 2.29. The molecule has 0 bridgehead atoms. The van der Waals surface area contributed by atoms with E-state index in [2.05, 4.69) is 31.6 Å². The van der Waals surface area contributed by atoms with Crippen LogP contribution in [-0.2, 0) is 9.59 Å². The third kappa shape index (κ3) is 5.53. The van der Waals surface area contributed by atoms with Crippen molar-refractivity contribution in [1.82, 2.24) is 10.6 Å². The first kappa shape index (κ1) is 25.7. The van der Waals surface area contributed by atoms with Gasteiger partial charge in [0.25, 0.3) is 5.91 Å². The highest BCUT2D eigenvalue weighted by Crippen LogP contribution is 2.30. The number of nitrogens with zero attached hydrogens (tertiary/aromatic N) is 2. The van der Waals surface area contributed by atoms with Crippen molar-refractivity contribution in [3.05, 3.63) is 99.8 Å². The van der Waals surface area contributed by atoms with Gasteiger partial charge in [0.2, 0.25) is 12.1 Å². The number of likely N-dealkylation sites (N-methyl/N-ethyl adjacent to an activating group) is 1. The van der Waals surface area contributed by atoms with Crippen molar-refractivity contribution in [2.24, 2.45) is 4.99 Å². The number of aliphatic hydroxyl groups is 1. The van der Waals surface area contributed by atoms with Crippen LogP contribution in [0.25, 0.3) is 0 Å². The zero-order valence-electron chi connectivity index (χ0n) is 19.8. The summed E-state index contributed by atoms with van der Waals surface area (Å²) in [6.45, 7) is 1.77. The zero-order valence-corrected chi connectivity index (χ0v) is 21.4. The van der Waals surface area contributed by atoms with Crippen molar-refractivity contribution in [3.63, 3.8) is 0 Å². The average Bonchev–Trinajstić information content (AvgIpc) is 2.98. The summed E-state index contributed by atoms with van der Waals surface area (Å²) in [6, 6.07) is 19.8. The van der Waals surface area contributed by atoms with Crippen LogP contribution < -0.4 is 15.5 Å². The molecule has 36 heavy (non-hydrogen) atoms. The zero-order chi connectivity index (χ0) is 25.8. The van der Waals surface area contributed by atoms with Crippen molar-refractivity contribution in [1.29, 1.82) is 0 Å². The lowest BCUT2D eigenvalue weighted by molar-refractivity contribution is -0.128. The Morgan fingerprint density at radius 3 is 2.53 bits per heavy atom. The largest absolute Gasteiger partial charge is 0.387 e. The number of rotatable bonds is 7. The second-order valence-corrected chi connectivity index (χ2v) is 9.40. The quantitative estimate of drug-likeness (QED) is 0.417. The second kappa shape index (κ2) is 11.1. The number of nitrogens with one attached hydrogen (secondary N) is 2. The van der Waals surface area contributed by atoms with Crippen molar-refractivity contribution >= 4 is 39.1 Å². The topological polar surface area (TPSA) is 94.0 Å². The first-order valence-electron chi connectivity index (χ1n) is 11.4. The smallest absolute Gasteiger partial charge is 0.272 e. The van der Waals surface area contributed by atoms with Gasteiger partial charge in [0, 0.05) is 29.2 Å². The number of benzene rings is 3. The van der Waals surface area contributed by atoms with E-state index in [1.165, 1.54) is 11.0 Å². The van der Waals surface area contributed by atoms with E-state index in [0.717, 1.165) is 10.0 Å². The Bertz CT molecular complexity index is 1300. The lowest BCUT2D eigenvalue weighted by Crippen LogP contribution is -2.51. The summed E-state index contributed by atoms with van der Waals surface area (Å²) in [7, 11) is 1.59. The maximum absolute atomic E-state index is 14.8. The predicted molar refractivity (Wildman–Crippen MR) is 140 cm³/mol. The minimum absolute atomic E-state index is 0.139. The van der Waals surface area contributed by atoms with Gasteiger partial charge in [-0.05, 0) is 42.8 Å². The number of aliphatic imine (C=N–C) groups is 1. The highest BCUT2D eigenvalue weighted by Gasteiger charge is 2.32. The second-order valence-electron chi connectivity index (χ2n) is 8.48. The highest BCUT2D eigenvalue weighted by atomic mass is 79.9. The maximum atomic E-state index is 14.8. The molecule has 2 amide bonds. The molecule has 0 aliphatic carbocycles. The summed E-state index contributed by atoms with van der Waals surface area (Å²) in [5.74, 6) is -1.44. The third-order valence-electron chi connectivity index (χ3n) is 6.00. The number of halogens is 2. The molecular formula is C27H26BrFN4O3. The minimum Gasteiger partial charge on any atom is -0.387 e. The molecule has 4 rings (SSSR count). The summed E-state index contributed by atoms with van der Waals surface area (Å²) in [5, 5.41) is 16.0. The Labute approximate surface area is 217 Å². The highest BCUT2D eigenvalue weighted by molar-refractivity contribution is 9.10. The molecule has 9 heteroatoms. The predicted octanol–water partition coefficient (Wildman–Crippen LogP) is 3.56. The number of fused-ring (bicyclic) bond motifs is 1. The summed E-state index contributed by atoms with van der Waals surface area (Å²) >= 11 is 3.44. The number of anilines is 1. The van der Waals surface area contributed by atoms with Gasteiger partial charge in [0.1, 0.15) is 5.82 Å². The fourth-order valence-electron chi connectivity index (χ4n) is 3.94. The monoisotopic (exact) mass is 552 g/mol. The lowest BCUT2D eigenvalue weighted by atomic mass is 10.00. The van der Waals surface area contributed by atoms with Crippen LogP contribution in [0.4, 0.5) is 10.1 Å². The van der Waals surface area contributed by atoms with Crippen molar-refractivity contribution < 1.29 is 19.1 Å². The fraction of sp³-hybridized carbons (Fsp3) is 0.222. The summed E-state index contributed by atoms with van der Waals surface area (Å²) in [4.78, 5) is 32.2. The first-order valence-corrected chi connectivity index (χ1v) is 12.2. The van der Waals surface area contributed by atoms with Crippen LogP contribution in [0.3, 0.4) is 0 Å². The lowest BCUT2D eigenvalue weighted by Gasteiger charge is -2.23. The Balaban J connectivity index is 1.59. The van der Waals surface area contributed by atoms with Crippen LogP contribution in [0.15, 0.2) is 82.3 Å². The number of aliphatic hydroxyl groups excluding tert-OH is 1. The Kier molecular flexibility index (Phi) is 7.93. The van der Waals surface area contributed by atoms with E-state index in [4.69, 9.17) is 0 Å². The molecule has 3 N–H and O–H groups in total. The molecule has 1 aliphatic rings. The molecular weight excluding hydrogens is 527 g/mol. The van der Waals surface area contributed by atoms with Gasteiger partial charge in [-0.2, -0.15) is 0 Å². The van der Waals surface area contributed by atoms with Gasteiger partial charge in [-0.15, -0.1) is 0 Å². The molecule has 7 nitrogen and oxygen atoms in total. The van der Waals surface area contributed by atoms with E-state index in [0.29, 0.717) is 11.3 Å². The fourth-order valence-corrected chi connectivity index (χ4v) is 4.30. The molecule has 3 aromatic carbocycles. The van der Waals surface area contributed by atoms with Crippen LogP contribution in [0.5, 0.6) is 0 Å². The Hall–Kier alpha value is -3.40. The molecule has 0 saturated carbocycles. The van der Waals surface area contributed by atoms with Gasteiger partial charge < -0.3 is 20.6 Å². The van der Waals surface area contributed by atoms with Crippen LogP contribution in [0, 0.1) is 5.82 Å². The van der Waals surface area contributed by atoms with Gasteiger partial charge in [0.15, 0.2) is 0 Å².